The second kappa shape index (κ2) is 5.03. The molecule has 1 aromatic carbocycles. The Kier molecular flexibility index (Phi) is 3.45. The van der Waals surface area contributed by atoms with Gasteiger partial charge in [0.2, 0.25) is 5.75 Å². The maximum absolute atomic E-state index is 11.6. The van der Waals surface area contributed by atoms with Gasteiger partial charge in [0.15, 0.2) is 11.5 Å². The standard InChI is InChI=1S/C12H16N2O4/c1-16-9-6-8(14-5-4-13-12(14)15)7-10(17-2)11(9)18-3/h6-7H,4-5H2,1-3H3,(H,13,15). The Balaban J connectivity index is 2.46. The third kappa shape index (κ3) is 2.01. The van der Waals surface area contributed by atoms with Crippen molar-refractivity contribution in [1.82, 2.24) is 5.32 Å². The lowest BCUT2D eigenvalue weighted by molar-refractivity contribution is 0.252. The van der Waals surface area contributed by atoms with Crippen molar-refractivity contribution in [3.8, 4) is 17.2 Å². The SMILES string of the molecule is COc1cc(N2CCNC2=O)cc(OC)c1OC. The van der Waals surface area contributed by atoms with Gasteiger partial charge in [0.05, 0.1) is 27.0 Å². The van der Waals surface area contributed by atoms with Crippen molar-refractivity contribution in [2.24, 2.45) is 0 Å². The second-order valence-electron chi connectivity index (χ2n) is 3.77. The minimum absolute atomic E-state index is 0.121. The lowest BCUT2D eigenvalue weighted by Crippen LogP contribution is -2.27. The largest absolute Gasteiger partial charge is 0.493 e. The monoisotopic (exact) mass is 252 g/mol. The van der Waals surface area contributed by atoms with Crippen LogP contribution in [0, 0.1) is 0 Å². The third-order valence-corrected chi connectivity index (χ3v) is 2.82. The molecule has 1 aliphatic rings. The molecule has 0 radical (unpaired) electrons. The van der Waals surface area contributed by atoms with Gasteiger partial charge in [-0.3, -0.25) is 4.90 Å². The Hall–Kier alpha value is -2.11. The lowest BCUT2D eigenvalue weighted by atomic mass is 10.2. The number of benzene rings is 1. The smallest absolute Gasteiger partial charge is 0.322 e. The van der Waals surface area contributed by atoms with Crippen LogP contribution in [0.15, 0.2) is 12.1 Å². The van der Waals surface area contributed by atoms with E-state index in [1.807, 2.05) is 0 Å². The summed E-state index contributed by atoms with van der Waals surface area (Å²) in [7, 11) is 4.64. The van der Waals surface area contributed by atoms with E-state index in [1.165, 1.54) is 0 Å². The van der Waals surface area contributed by atoms with E-state index in [0.717, 1.165) is 5.69 Å². The summed E-state index contributed by atoms with van der Waals surface area (Å²) in [5.41, 5.74) is 0.722. The average molecular weight is 252 g/mol. The van der Waals surface area contributed by atoms with Gasteiger partial charge in [-0.25, -0.2) is 4.79 Å². The molecular weight excluding hydrogens is 236 g/mol. The molecule has 0 bridgehead atoms. The van der Waals surface area contributed by atoms with E-state index >= 15 is 0 Å². The maximum Gasteiger partial charge on any atom is 0.322 e. The van der Waals surface area contributed by atoms with Gasteiger partial charge in [-0.2, -0.15) is 0 Å². The minimum atomic E-state index is -0.121. The molecule has 6 nitrogen and oxygen atoms in total. The number of methoxy groups -OCH3 is 3. The van der Waals surface area contributed by atoms with E-state index in [0.29, 0.717) is 30.3 Å². The summed E-state index contributed by atoms with van der Waals surface area (Å²) in [5.74, 6) is 1.58. The number of hydrogen-bond acceptors (Lipinski definition) is 4. The second-order valence-corrected chi connectivity index (χ2v) is 3.77. The molecule has 1 aliphatic heterocycles. The summed E-state index contributed by atoms with van der Waals surface area (Å²) in [6, 6.07) is 3.39. The first-order chi connectivity index (χ1) is 8.71. The zero-order valence-corrected chi connectivity index (χ0v) is 10.6. The highest BCUT2D eigenvalue weighted by atomic mass is 16.5. The van der Waals surface area contributed by atoms with Crippen molar-refractivity contribution in [2.45, 2.75) is 0 Å². The molecule has 6 heteroatoms. The summed E-state index contributed by atoms with van der Waals surface area (Å²) in [6.45, 7) is 1.26. The molecule has 1 saturated heterocycles. The molecule has 2 rings (SSSR count). The molecule has 0 spiro atoms. The van der Waals surface area contributed by atoms with Crippen molar-refractivity contribution >= 4 is 11.7 Å². The first kappa shape index (κ1) is 12.3. The van der Waals surface area contributed by atoms with Crippen molar-refractivity contribution < 1.29 is 19.0 Å². The molecule has 1 fully saturated rings. The molecule has 18 heavy (non-hydrogen) atoms. The highest BCUT2D eigenvalue weighted by Crippen LogP contribution is 2.41. The van der Waals surface area contributed by atoms with E-state index in [4.69, 9.17) is 14.2 Å². The van der Waals surface area contributed by atoms with Gasteiger partial charge in [0.25, 0.3) is 0 Å². The number of hydrogen-bond donors (Lipinski definition) is 1. The predicted molar refractivity (Wildman–Crippen MR) is 66.8 cm³/mol. The lowest BCUT2D eigenvalue weighted by Gasteiger charge is -2.18. The van der Waals surface area contributed by atoms with Crippen molar-refractivity contribution in [3.63, 3.8) is 0 Å². The number of urea groups is 1. The number of ether oxygens (including phenoxy) is 3. The van der Waals surface area contributed by atoms with Crippen molar-refractivity contribution in [3.05, 3.63) is 12.1 Å². The van der Waals surface area contributed by atoms with Gasteiger partial charge in [-0.1, -0.05) is 0 Å². The number of carbonyl (C=O) groups is 1. The van der Waals surface area contributed by atoms with Gasteiger partial charge in [-0.15, -0.1) is 0 Å². The molecule has 1 heterocycles. The number of amides is 2. The number of nitrogens with one attached hydrogen (secondary N) is 1. The Morgan fingerprint density at radius 3 is 2.11 bits per heavy atom. The van der Waals surface area contributed by atoms with Crippen LogP contribution in [0.4, 0.5) is 10.5 Å². The van der Waals surface area contributed by atoms with E-state index in [2.05, 4.69) is 5.32 Å². The zero-order chi connectivity index (χ0) is 13.1. The van der Waals surface area contributed by atoms with Crippen LogP contribution in [-0.4, -0.2) is 40.5 Å². The van der Waals surface area contributed by atoms with Crippen LogP contribution in [0.25, 0.3) is 0 Å². The quantitative estimate of drug-likeness (QED) is 0.876. The summed E-state index contributed by atoms with van der Waals surface area (Å²) >= 11 is 0. The van der Waals surface area contributed by atoms with Crippen molar-refractivity contribution in [2.75, 3.05) is 39.3 Å². The fraction of sp³-hybridized carbons (Fsp3) is 0.417. The molecule has 0 unspecified atom stereocenters. The molecule has 0 aliphatic carbocycles. The van der Waals surface area contributed by atoms with E-state index < -0.39 is 0 Å². The van der Waals surface area contributed by atoms with Crippen LogP contribution >= 0.6 is 0 Å². The number of nitrogens with zero attached hydrogens (tertiary/aromatic N) is 1. The van der Waals surface area contributed by atoms with Gasteiger partial charge in [0, 0.05) is 25.2 Å². The van der Waals surface area contributed by atoms with Crippen LogP contribution in [0.5, 0.6) is 17.2 Å². The predicted octanol–water partition coefficient (Wildman–Crippen LogP) is 1.24. The topological polar surface area (TPSA) is 60.0 Å². The maximum atomic E-state index is 11.6. The van der Waals surface area contributed by atoms with Crippen LogP contribution in [0.3, 0.4) is 0 Å². The van der Waals surface area contributed by atoms with E-state index in [1.54, 1.807) is 38.4 Å². The molecular formula is C12H16N2O4. The number of rotatable bonds is 4. The highest BCUT2D eigenvalue weighted by Gasteiger charge is 2.24. The molecule has 0 aromatic heterocycles. The van der Waals surface area contributed by atoms with Crippen LogP contribution in [-0.2, 0) is 0 Å². The average Bonchev–Trinajstić information content (AvgIpc) is 2.83. The van der Waals surface area contributed by atoms with E-state index in [9.17, 15) is 4.79 Å². The third-order valence-electron chi connectivity index (χ3n) is 2.82. The first-order valence-electron chi connectivity index (χ1n) is 5.56. The summed E-state index contributed by atoms with van der Waals surface area (Å²) < 4.78 is 15.7. The Morgan fingerprint density at radius 2 is 1.72 bits per heavy atom. The van der Waals surface area contributed by atoms with Gasteiger partial charge in [0.1, 0.15) is 0 Å². The van der Waals surface area contributed by atoms with E-state index in [-0.39, 0.29) is 6.03 Å². The molecule has 2 amide bonds. The van der Waals surface area contributed by atoms with Gasteiger partial charge >= 0.3 is 6.03 Å². The van der Waals surface area contributed by atoms with Gasteiger partial charge in [-0.05, 0) is 0 Å². The van der Waals surface area contributed by atoms with Crippen LogP contribution in [0.2, 0.25) is 0 Å². The summed E-state index contributed by atoms with van der Waals surface area (Å²) in [6.07, 6.45) is 0. The minimum Gasteiger partial charge on any atom is -0.493 e. The fourth-order valence-corrected chi connectivity index (χ4v) is 1.94. The Bertz CT molecular complexity index is 436. The molecule has 0 atom stereocenters. The summed E-state index contributed by atoms with van der Waals surface area (Å²) in [4.78, 5) is 13.3. The number of anilines is 1. The molecule has 0 saturated carbocycles. The molecule has 98 valence electrons. The number of carbonyl (C=O) groups excluding carboxylic acids is 1. The van der Waals surface area contributed by atoms with Crippen LogP contribution in [0.1, 0.15) is 0 Å². The summed E-state index contributed by atoms with van der Waals surface area (Å²) in [5, 5.41) is 2.75. The zero-order valence-electron chi connectivity index (χ0n) is 10.6. The fourth-order valence-electron chi connectivity index (χ4n) is 1.94. The highest BCUT2D eigenvalue weighted by molar-refractivity contribution is 5.94. The molecule has 1 N–H and O–H groups in total. The van der Waals surface area contributed by atoms with Crippen molar-refractivity contribution in [1.29, 1.82) is 0 Å². The van der Waals surface area contributed by atoms with Gasteiger partial charge < -0.3 is 19.5 Å². The normalized spacial score (nSPS) is 14.4. The van der Waals surface area contributed by atoms with Crippen LogP contribution < -0.4 is 24.4 Å². The Morgan fingerprint density at radius 1 is 1.11 bits per heavy atom. The molecule has 1 aromatic rings. The Labute approximate surface area is 105 Å². The first-order valence-corrected chi connectivity index (χ1v) is 5.56.